The minimum absolute atomic E-state index is 0.0485. The number of hydrogen-bond acceptors (Lipinski definition) is 6. The van der Waals surface area contributed by atoms with Gasteiger partial charge in [0.2, 0.25) is 0 Å². The lowest BCUT2D eigenvalue weighted by Crippen LogP contribution is -2.48. The van der Waals surface area contributed by atoms with Crippen LogP contribution in [-0.2, 0) is 4.79 Å². The van der Waals surface area contributed by atoms with Crippen LogP contribution in [0.2, 0.25) is 0 Å². The first kappa shape index (κ1) is 27.3. The predicted molar refractivity (Wildman–Crippen MR) is 120 cm³/mol. The molecule has 178 valence electrons. The highest BCUT2D eigenvalue weighted by Crippen LogP contribution is 2.21. The molecule has 0 bridgehead atoms. The fourth-order valence-corrected chi connectivity index (χ4v) is 4.33. The molecule has 30 heavy (non-hydrogen) atoms. The van der Waals surface area contributed by atoms with Crippen LogP contribution >= 0.6 is 0 Å². The third-order valence-electron chi connectivity index (χ3n) is 6.40. The molecule has 7 nitrogen and oxygen atoms in total. The van der Waals surface area contributed by atoms with E-state index in [1.165, 1.54) is 32.1 Å². The second-order valence-electron chi connectivity index (χ2n) is 9.40. The molecule has 1 aliphatic rings. The van der Waals surface area contributed by atoms with Crippen LogP contribution in [0.4, 0.5) is 0 Å². The number of piperidine rings is 1. The first-order valence-electron chi connectivity index (χ1n) is 12.0. The maximum Gasteiger partial charge on any atom is 0.306 e. The number of carboxylic acid groups (broad SMARTS) is 1. The lowest BCUT2D eigenvalue weighted by molar-refractivity contribution is -0.142. The number of carboxylic acids is 1. The Balaban J connectivity index is 2.10. The summed E-state index contributed by atoms with van der Waals surface area (Å²) in [4.78, 5) is 11.1. The third kappa shape index (κ3) is 12.2. The summed E-state index contributed by atoms with van der Waals surface area (Å²) in [5.74, 6) is -0.981. The van der Waals surface area contributed by atoms with E-state index in [9.17, 15) is 15.0 Å². The van der Waals surface area contributed by atoms with E-state index in [0.29, 0.717) is 18.9 Å². The molecule has 1 saturated heterocycles. The molecule has 0 radical (unpaired) electrons. The molecular formula is C23H46N2O5. The van der Waals surface area contributed by atoms with Gasteiger partial charge in [-0.05, 0) is 46.0 Å². The second kappa shape index (κ2) is 15.1. The van der Waals surface area contributed by atoms with E-state index in [0.717, 1.165) is 32.1 Å². The average molecular weight is 431 g/mol. The standard InChI is InChI=1S/C23H46N2O5/c1-18(13-15-26)24-17-23(30,16-22(28)29)14-9-7-5-3-4-6-8-10-20-11-12-21(27)19(2)25-20/h18-21,24-27,30H,3-17H2,1-2H3,(H,28,29)/t18-,19+,20-,21-,23-/m1/s1. The normalized spacial score (nSPS) is 25.0. The number of unbranched alkanes of at least 4 members (excludes halogenated alkanes) is 6. The Morgan fingerprint density at radius 2 is 1.77 bits per heavy atom. The smallest absolute Gasteiger partial charge is 0.306 e. The van der Waals surface area contributed by atoms with Crippen molar-refractivity contribution in [1.29, 1.82) is 0 Å². The van der Waals surface area contributed by atoms with Crippen LogP contribution in [0.15, 0.2) is 0 Å². The number of rotatable bonds is 17. The minimum atomic E-state index is -1.23. The van der Waals surface area contributed by atoms with E-state index in [4.69, 9.17) is 10.2 Å². The van der Waals surface area contributed by atoms with Gasteiger partial charge in [-0.25, -0.2) is 0 Å². The van der Waals surface area contributed by atoms with E-state index in [-0.39, 0.29) is 37.8 Å². The Bertz CT molecular complexity index is 465. The molecule has 0 aromatic heterocycles. The van der Waals surface area contributed by atoms with Crippen molar-refractivity contribution in [2.24, 2.45) is 0 Å². The van der Waals surface area contributed by atoms with Crippen LogP contribution in [-0.4, -0.2) is 69.4 Å². The lowest BCUT2D eigenvalue weighted by Gasteiger charge is -2.32. The van der Waals surface area contributed by atoms with Gasteiger partial charge in [0.15, 0.2) is 0 Å². The maximum absolute atomic E-state index is 11.1. The molecule has 0 saturated carbocycles. The van der Waals surface area contributed by atoms with Gasteiger partial charge in [0.25, 0.3) is 0 Å². The third-order valence-corrected chi connectivity index (χ3v) is 6.40. The summed E-state index contributed by atoms with van der Waals surface area (Å²) in [5, 5.41) is 45.2. The predicted octanol–water partition coefficient (Wildman–Crippen LogP) is 2.56. The van der Waals surface area contributed by atoms with Crippen LogP contribution in [0.5, 0.6) is 0 Å². The number of aliphatic hydroxyl groups is 3. The molecular weight excluding hydrogens is 384 g/mol. The summed E-state index contributed by atoms with van der Waals surface area (Å²) >= 11 is 0. The minimum Gasteiger partial charge on any atom is -0.481 e. The van der Waals surface area contributed by atoms with Gasteiger partial charge in [0, 0.05) is 31.3 Å². The highest BCUT2D eigenvalue weighted by atomic mass is 16.4. The number of aliphatic hydroxyl groups excluding tert-OH is 2. The van der Waals surface area contributed by atoms with E-state index in [1.807, 2.05) is 6.92 Å². The molecule has 1 aliphatic heterocycles. The van der Waals surface area contributed by atoms with Crippen LogP contribution < -0.4 is 10.6 Å². The Hall–Kier alpha value is -0.730. The largest absolute Gasteiger partial charge is 0.481 e. The second-order valence-corrected chi connectivity index (χ2v) is 9.40. The first-order chi connectivity index (χ1) is 14.3. The molecule has 1 heterocycles. The highest BCUT2D eigenvalue weighted by Gasteiger charge is 2.29. The zero-order chi connectivity index (χ0) is 22.4. The van der Waals surface area contributed by atoms with E-state index < -0.39 is 11.6 Å². The van der Waals surface area contributed by atoms with Crippen LogP contribution in [0.1, 0.15) is 97.3 Å². The molecule has 0 spiro atoms. The van der Waals surface area contributed by atoms with E-state index in [1.54, 1.807) is 0 Å². The van der Waals surface area contributed by atoms with Crippen molar-refractivity contribution >= 4 is 5.97 Å². The van der Waals surface area contributed by atoms with Crippen molar-refractivity contribution in [3.63, 3.8) is 0 Å². The molecule has 7 heteroatoms. The number of hydrogen-bond donors (Lipinski definition) is 6. The van der Waals surface area contributed by atoms with Crippen LogP contribution in [0, 0.1) is 0 Å². The van der Waals surface area contributed by atoms with Gasteiger partial charge in [-0.2, -0.15) is 0 Å². The summed E-state index contributed by atoms with van der Waals surface area (Å²) in [5.41, 5.74) is -1.23. The van der Waals surface area contributed by atoms with Gasteiger partial charge in [0.05, 0.1) is 18.1 Å². The van der Waals surface area contributed by atoms with E-state index >= 15 is 0 Å². The van der Waals surface area contributed by atoms with E-state index in [2.05, 4.69) is 17.6 Å². The van der Waals surface area contributed by atoms with Crippen LogP contribution in [0.3, 0.4) is 0 Å². The summed E-state index contributed by atoms with van der Waals surface area (Å²) in [6.07, 6.45) is 11.5. The number of carbonyl (C=O) groups is 1. The molecule has 0 aromatic rings. The average Bonchev–Trinajstić information content (AvgIpc) is 2.67. The number of nitrogens with one attached hydrogen (secondary N) is 2. The number of aliphatic carboxylic acids is 1. The lowest BCUT2D eigenvalue weighted by atomic mass is 9.91. The van der Waals surface area contributed by atoms with Crippen molar-refractivity contribution in [1.82, 2.24) is 10.6 Å². The monoisotopic (exact) mass is 430 g/mol. The topological polar surface area (TPSA) is 122 Å². The first-order valence-corrected chi connectivity index (χ1v) is 12.0. The van der Waals surface area contributed by atoms with Gasteiger partial charge in [-0.1, -0.05) is 44.9 Å². The molecule has 1 fully saturated rings. The Kier molecular flexibility index (Phi) is 13.8. The van der Waals surface area contributed by atoms with Gasteiger partial charge in [-0.3, -0.25) is 4.79 Å². The van der Waals surface area contributed by atoms with Gasteiger partial charge < -0.3 is 31.1 Å². The molecule has 0 aliphatic carbocycles. The summed E-state index contributed by atoms with van der Waals surface area (Å²) in [7, 11) is 0. The van der Waals surface area contributed by atoms with Gasteiger partial charge in [-0.15, -0.1) is 0 Å². The Labute approximate surface area is 182 Å². The van der Waals surface area contributed by atoms with Crippen LogP contribution in [0.25, 0.3) is 0 Å². The Morgan fingerprint density at radius 3 is 2.37 bits per heavy atom. The van der Waals surface area contributed by atoms with Crippen molar-refractivity contribution < 1.29 is 25.2 Å². The van der Waals surface area contributed by atoms with Crippen molar-refractivity contribution in [3.8, 4) is 0 Å². The van der Waals surface area contributed by atoms with Crippen molar-refractivity contribution in [2.75, 3.05) is 13.2 Å². The highest BCUT2D eigenvalue weighted by molar-refractivity contribution is 5.68. The molecule has 6 N–H and O–H groups in total. The molecule has 0 amide bonds. The SMILES string of the molecule is C[C@H](CCO)NC[C@@](O)(CCCCCCCCC[C@@H]1CC[C@@H](O)[C@H](C)N1)CC(=O)O. The van der Waals surface area contributed by atoms with Crippen molar-refractivity contribution in [3.05, 3.63) is 0 Å². The van der Waals surface area contributed by atoms with Crippen molar-refractivity contribution in [2.45, 2.75) is 127 Å². The maximum atomic E-state index is 11.1. The molecule has 5 atom stereocenters. The molecule has 1 rings (SSSR count). The zero-order valence-electron chi connectivity index (χ0n) is 19.1. The fourth-order valence-electron chi connectivity index (χ4n) is 4.33. The van der Waals surface area contributed by atoms with Gasteiger partial charge in [0.1, 0.15) is 0 Å². The molecule has 0 unspecified atom stereocenters. The fraction of sp³-hybridized carbons (Fsp3) is 0.957. The summed E-state index contributed by atoms with van der Waals surface area (Å²) in [6.45, 7) is 4.29. The zero-order valence-corrected chi connectivity index (χ0v) is 19.1. The quantitative estimate of drug-likeness (QED) is 0.196. The summed E-state index contributed by atoms with van der Waals surface area (Å²) in [6, 6.07) is 0.799. The summed E-state index contributed by atoms with van der Waals surface area (Å²) < 4.78 is 0. The Morgan fingerprint density at radius 1 is 1.13 bits per heavy atom. The molecule has 0 aromatic carbocycles. The van der Waals surface area contributed by atoms with Gasteiger partial charge >= 0.3 is 5.97 Å².